The summed E-state index contributed by atoms with van der Waals surface area (Å²) < 4.78 is 81.0. The molecule has 0 unspecified atom stereocenters. The number of carbonyl (C=O) groups excluding carboxylic acids is 4. The van der Waals surface area contributed by atoms with Crippen molar-refractivity contribution in [1.82, 2.24) is 14.3 Å². The maximum absolute atomic E-state index is 13.4. The Labute approximate surface area is 366 Å². The van der Waals surface area contributed by atoms with Crippen molar-refractivity contribution >= 4 is 34.3 Å². The minimum Gasteiger partial charge on any atom is -0.459 e. The number of rotatable bonds is 17. The van der Waals surface area contributed by atoms with E-state index < -0.39 is 127 Å². The lowest BCUT2D eigenvalue weighted by molar-refractivity contribution is -0.237. The standard InChI is InChI=1S/C43H47N3O17S/c1-25(2)57-36-32(60-38(37(36)58-26(3)4)46-21-20-33(47)44-42(46)51)24-56-64(53,54)45-43(52)62-34-22-30(61-40(49)28-16-10-6-11-17-28)35(63-41(50)29-18-12-7-13-19-29)31(59-34)23-55-39(48)27-14-8-5-9-15-27/h5-21,25-26,30-32,34-38H,22-24H2,1-4H3,(H,45,52)(H,44,47,51)/t30-,31-,32-,34+,35+,36-,37-,38-/m1/s1. The molecule has 64 heavy (non-hydrogen) atoms. The van der Waals surface area contributed by atoms with Gasteiger partial charge < -0.3 is 37.9 Å². The lowest BCUT2D eigenvalue weighted by Gasteiger charge is -2.39. The van der Waals surface area contributed by atoms with Gasteiger partial charge in [0.2, 0.25) is 6.29 Å². The number of nitrogens with one attached hydrogen (secondary N) is 2. The molecule has 4 aromatic rings. The predicted molar refractivity (Wildman–Crippen MR) is 221 cm³/mol. The van der Waals surface area contributed by atoms with Gasteiger partial charge in [-0.2, -0.15) is 13.1 Å². The fourth-order valence-corrected chi connectivity index (χ4v) is 7.42. The molecule has 6 rings (SSSR count). The Hall–Kier alpha value is -6.23. The van der Waals surface area contributed by atoms with Crippen LogP contribution in [-0.4, -0.2) is 110 Å². The van der Waals surface area contributed by atoms with Gasteiger partial charge in [0.05, 0.1) is 41.9 Å². The van der Waals surface area contributed by atoms with Crippen molar-refractivity contribution in [2.75, 3.05) is 13.2 Å². The molecule has 21 heteroatoms. The Balaban J connectivity index is 1.19. The van der Waals surface area contributed by atoms with Crippen molar-refractivity contribution in [2.45, 2.75) is 95.5 Å². The number of amides is 1. The summed E-state index contributed by atoms with van der Waals surface area (Å²) in [6, 6.07) is 24.7. The van der Waals surface area contributed by atoms with Crippen LogP contribution >= 0.6 is 0 Å². The molecule has 0 radical (unpaired) electrons. The minimum absolute atomic E-state index is 0.124. The molecule has 3 heterocycles. The van der Waals surface area contributed by atoms with Crippen LogP contribution in [0.4, 0.5) is 4.79 Å². The van der Waals surface area contributed by atoms with Crippen LogP contribution in [0.3, 0.4) is 0 Å². The van der Waals surface area contributed by atoms with Gasteiger partial charge in [-0.25, -0.2) is 24.0 Å². The predicted octanol–water partition coefficient (Wildman–Crippen LogP) is 3.43. The molecule has 2 fully saturated rings. The third-order valence-corrected chi connectivity index (χ3v) is 10.4. The zero-order valence-corrected chi connectivity index (χ0v) is 35.8. The molecule has 2 aliphatic heterocycles. The van der Waals surface area contributed by atoms with Gasteiger partial charge in [0.15, 0.2) is 12.3 Å². The lowest BCUT2D eigenvalue weighted by atomic mass is 10.0. The van der Waals surface area contributed by atoms with Crippen molar-refractivity contribution in [2.24, 2.45) is 0 Å². The summed E-state index contributed by atoms with van der Waals surface area (Å²) >= 11 is 0. The van der Waals surface area contributed by atoms with Gasteiger partial charge in [-0.05, 0) is 64.1 Å². The van der Waals surface area contributed by atoms with Gasteiger partial charge in [-0.3, -0.25) is 18.5 Å². The summed E-state index contributed by atoms with van der Waals surface area (Å²) in [6.07, 6.45) is -12.2. The number of H-pyrrole nitrogens is 1. The highest BCUT2D eigenvalue weighted by molar-refractivity contribution is 7.85. The Morgan fingerprint density at radius 1 is 0.688 bits per heavy atom. The molecule has 0 aliphatic carbocycles. The van der Waals surface area contributed by atoms with E-state index in [9.17, 15) is 37.2 Å². The van der Waals surface area contributed by atoms with E-state index in [1.54, 1.807) is 87.0 Å². The number of nitrogens with zero attached hydrogens (tertiary/aromatic N) is 1. The monoisotopic (exact) mass is 909 g/mol. The first-order valence-corrected chi connectivity index (χ1v) is 21.5. The van der Waals surface area contributed by atoms with E-state index in [0.29, 0.717) is 0 Å². The van der Waals surface area contributed by atoms with Gasteiger partial charge in [0.25, 0.3) is 5.56 Å². The van der Waals surface area contributed by atoms with E-state index in [1.807, 2.05) is 0 Å². The number of hydrogen-bond donors (Lipinski definition) is 2. The topological polar surface area (TPSA) is 252 Å². The molecule has 2 N–H and O–H groups in total. The van der Waals surface area contributed by atoms with Crippen molar-refractivity contribution in [3.63, 3.8) is 0 Å². The molecule has 8 atom stereocenters. The van der Waals surface area contributed by atoms with Gasteiger partial charge in [-0.1, -0.05) is 54.6 Å². The molecule has 1 aromatic heterocycles. The number of aromatic nitrogens is 2. The molecule has 20 nitrogen and oxygen atoms in total. The largest absolute Gasteiger partial charge is 0.459 e. The molecule has 2 saturated heterocycles. The van der Waals surface area contributed by atoms with E-state index >= 15 is 0 Å². The Bertz CT molecular complexity index is 2450. The molecule has 0 bridgehead atoms. The maximum Gasteiger partial charge on any atom is 0.425 e. The number of ether oxygens (including phenoxy) is 8. The van der Waals surface area contributed by atoms with E-state index in [1.165, 1.54) is 42.6 Å². The van der Waals surface area contributed by atoms with Crippen molar-refractivity contribution in [3.8, 4) is 0 Å². The van der Waals surface area contributed by atoms with Crippen LogP contribution in [0.5, 0.6) is 0 Å². The van der Waals surface area contributed by atoms with E-state index in [4.69, 9.17) is 42.1 Å². The first-order valence-electron chi connectivity index (χ1n) is 20.1. The number of esters is 3. The van der Waals surface area contributed by atoms with Crippen molar-refractivity contribution < 1.29 is 69.7 Å². The molecule has 3 aromatic carbocycles. The lowest BCUT2D eigenvalue weighted by Crippen LogP contribution is -2.55. The van der Waals surface area contributed by atoms with Crippen LogP contribution in [0.2, 0.25) is 0 Å². The highest BCUT2D eigenvalue weighted by Gasteiger charge is 2.50. The van der Waals surface area contributed by atoms with Crippen molar-refractivity contribution in [3.05, 3.63) is 141 Å². The molecular formula is C43H47N3O17S. The van der Waals surface area contributed by atoms with E-state index in [0.717, 1.165) is 10.6 Å². The van der Waals surface area contributed by atoms with E-state index in [-0.39, 0.29) is 16.7 Å². The number of carbonyl (C=O) groups is 4. The first-order chi connectivity index (χ1) is 30.6. The quantitative estimate of drug-likeness (QED) is 0.114. The zero-order valence-electron chi connectivity index (χ0n) is 35.0. The van der Waals surface area contributed by atoms with Crippen LogP contribution < -0.4 is 16.0 Å². The summed E-state index contributed by atoms with van der Waals surface area (Å²) in [5.74, 6) is -2.48. The third kappa shape index (κ3) is 12.7. The average molecular weight is 910 g/mol. The second-order valence-corrected chi connectivity index (χ2v) is 16.3. The van der Waals surface area contributed by atoms with Gasteiger partial charge in [0, 0.05) is 12.3 Å². The van der Waals surface area contributed by atoms with Crippen LogP contribution in [0, 0.1) is 0 Å². The van der Waals surface area contributed by atoms with Crippen LogP contribution in [0.1, 0.15) is 71.4 Å². The number of benzene rings is 3. The van der Waals surface area contributed by atoms with Gasteiger partial charge in [0.1, 0.15) is 37.1 Å². The fourth-order valence-electron chi connectivity index (χ4n) is 6.79. The average Bonchev–Trinajstić information content (AvgIpc) is 3.57. The van der Waals surface area contributed by atoms with E-state index in [2.05, 4.69) is 4.98 Å². The number of aromatic amines is 1. The third-order valence-electron chi connectivity index (χ3n) is 9.50. The molecule has 1 amide bonds. The minimum atomic E-state index is -5.00. The van der Waals surface area contributed by atoms with Crippen LogP contribution in [-0.2, 0) is 52.4 Å². The first kappa shape index (κ1) is 47.3. The molecular weight excluding hydrogens is 863 g/mol. The smallest absolute Gasteiger partial charge is 0.425 e. The van der Waals surface area contributed by atoms with Gasteiger partial charge >= 0.3 is 40.0 Å². The molecule has 0 saturated carbocycles. The summed E-state index contributed by atoms with van der Waals surface area (Å²) in [6.45, 7) is 5.51. The highest BCUT2D eigenvalue weighted by Crippen LogP contribution is 2.35. The Morgan fingerprint density at radius 3 is 1.78 bits per heavy atom. The Kier molecular flexibility index (Phi) is 15.8. The van der Waals surface area contributed by atoms with Gasteiger partial charge in [-0.15, -0.1) is 0 Å². The number of hydrogen-bond acceptors (Lipinski definition) is 17. The summed E-state index contributed by atoms with van der Waals surface area (Å²) in [4.78, 5) is 79.8. The zero-order chi connectivity index (χ0) is 46.0. The van der Waals surface area contributed by atoms with Crippen LogP contribution in [0.15, 0.2) is 113 Å². The Morgan fingerprint density at radius 2 is 1.22 bits per heavy atom. The normalized spacial score (nSPS) is 23.3. The van der Waals surface area contributed by atoms with Crippen LogP contribution in [0.25, 0.3) is 0 Å². The summed E-state index contributed by atoms with van der Waals surface area (Å²) in [5, 5.41) is 0. The maximum atomic E-state index is 13.4. The fraction of sp³-hybridized carbons (Fsp3) is 0.395. The molecule has 342 valence electrons. The summed E-state index contributed by atoms with van der Waals surface area (Å²) in [7, 11) is -5.00. The SMILES string of the molecule is CC(C)O[C@@H]1[C@H](OC(C)C)[C@@H](COS(=O)(=O)NC(=O)O[C@H]2C[C@@H](OC(=O)c3ccccc3)[C@H](OC(=O)c3ccccc3)[C@@H](COC(=O)c3ccccc3)O2)O[C@H]1n1ccc(=O)[nH]c1=O. The summed E-state index contributed by atoms with van der Waals surface area (Å²) in [5.41, 5.74) is -1.05. The highest BCUT2D eigenvalue weighted by atomic mass is 32.2. The molecule has 2 aliphatic rings. The second kappa shape index (κ2) is 21.4. The van der Waals surface area contributed by atoms with Crippen molar-refractivity contribution in [1.29, 1.82) is 0 Å². The molecule has 0 spiro atoms. The second-order valence-electron chi connectivity index (χ2n) is 15.0.